The standard InChI is InChI=1S/C17H17NO3/c1-10-6-12-9-15(19)18-16(12)14(7-10)17(20)11-4-3-5-13(8-11)21-2/h3-8,17,20H,9H2,1-2H3,(H,18,19). The summed E-state index contributed by atoms with van der Waals surface area (Å²) in [4.78, 5) is 11.6. The quantitative estimate of drug-likeness (QED) is 0.910. The number of carbonyl (C=O) groups is 1. The molecule has 1 unspecified atom stereocenters. The maximum atomic E-state index is 11.6. The van der Waals surface area contributed by atoms with E-state index < -0.39 is 6.10 Å². The van der Waals surface area contributed by atoms with Gasteiger partial charge in [-0.3, -0.25) is 4.79 Å². The molecule has 108 valence electrons. The lowest BCUT2D eigenvalue weighted by atomic mass is 9.95. The molecule has 4 nitrogen and oxygen atoms in total. The molecule has 1 aliphatic heterocycles. The molecule has 0 fully saturated rings. The van der Waals surface area contributed by atoms with Crippen LogP contribution in [0.2, 0.25) is 0 Å². The number of benzene rings is 2. The van der Waals surface area contributed by atoms with Gasteiger partial charge in [0.15, 0.2) is 0 Å². The second-order valence-corrected chi connectivity index (χ2v) is 5.29. The van der Waals surface area contributed by atoms with Crippen LogP contribution in [0.25, 0.3) is 0 Å². The molecule has 1 atom stereocenters. The Kier molecular flexibility index (Phi) is 3.39. The molecule has 0 saturated heterocycles. The van der Waals surface area contributed by atoms with Gasteiger partial charge in [-0.2, -0.15) is 0 Å². The van der Waals surface area contributed by atoms with Crippen molar-refractivity contribution in [2.75, 3.05) is 12.4 Å². The third kappa shape index (κ3) is 2.50. The Bertz CT molecular complexity index is 709. The Morgan fingerprint density at radius 1 is 1.29 bits per heavy atom. The minimum atomic E-state index is -0.799. The number of hydrogen-bond acceptors (Lipinski definition) is 3. The van der Waals surface area contributed by atoms with Gasteiger partial charge >= 0.3 is 0 Å². The molecule has 3 rings (SSSR count). The van der Waals surface area contributed by atoms with Gasteiger partial charge in [0, 0.05) is 5.56 Å². The molecule has 2 N–H and O–H groups in total. The van der Waals surface area contributed by atoms with Crippen LogP contribution in [-0.2, 0) is 11.2 Å². The van der Waals surface area contributed by atoms with E-state index in [0.29, 0.717) is 12.2 Å². The minimum Gasteiger partial charge on any atom is -0.497 e. The summed E-state index contributed by atoms with van der Waals surface area (Å²) in [6.45, 7) is 1.96. The average molecular weight is 283 g/mol. The molecule has 1 aliphatic rings. The van der Waals surface area contributed by atoms with Crippen molar-refractivity contribution in [3.8, 4) is 5.75 Å². The highest BCUT2D eigenvalue weighted by Gasteiger charge is 2.25. The summed E-state index contributed by atoms with van der Waals surface area (Å²) in [5, 5.41) is 13.5. The number of methoxy groups -OCH3 is 1. The predicted octanol–water partition coefficient (Wildman–Crippen LogP) is 2.58. The molecule has 0 radical (unpaired) electrons. The van der Waals surface area contributed by atoms with Gasteiger partial charge in [0.05, 0.1) is 19.2 Å². The largest absolute Gasteiger partial charge is 0.497 e. The van der Waals surface area contributed by atoms with Crippen LogP contribution in [0.1, 0.15) is 28.4 Å². The zero-order valence-electron chi connectivity index (χ0n) is 12.0. The molecule has 2 aromatic carbocycles. The highest BCUT2D eigenvalue weighted by Crippen LogP contribution is 2.36. The van der Waals surface area contributed by atoms with E-state index in [0.717, 1.165) is 27.9 Å². The summed E-state index contributed by atoms with van der Waals surface area (Å²) in [5.41, 5.74) is 4.17. The topological polar surface area (TPSA) is 58.6 Å². The first-order valence-corrected chi connectivity index (χ1v) is 6.84. The van der Waals surface area contributed by atoms with Gasteiger partial charge in [-0.1, -0.05) is 29.8 Å². The summed E-state index contributed by atoms with van der Waals surface area (Å²) in [5.74, 6) is 0.662. The third-order valence-corrected chi connectivity index (χ3v) is 3.71. The lowest BCUT2D eigenvalue weighted by molar-refractivity contribution is -0.115. The number of hydrogen-bond donors (Lipinski definition) is 2. The zero-order valence-corrected chi connectivity index (χ0v) is 12.0. The van der Waals surface area contributed by atoms with Crippen molar-refractivity contribution in [2.45, 2.75) is 19.4 Å². The fraction of sp³-hybridized carbons (Fsp3) is 0.235. The van der Waals surface area contributed by atoms with Gasteiger partial charge in [0.25, 0.3) is 0 Å². The predicted molar refractivity (Wildman–Crippen MR) is 80.6 cm³/mol. The Balaban J connectivity index is 2.06. The highest BCUT2D eigenvalue weighted by atomic mass is 16.5. The van der Waals surface area contributed by atoms with E-state index >= 15 is 0 Å². The molecular weight excluding hydrogens is 266 g/mol. The first-order valence-electron chi connectivity index (χ1n) is 6.84. The molecule has 0 saturated carbocycles. The molecular formula is C17H17NO3. The van der Waals surface area contributed by atoms with E-state index in [1.54, 1.807) is 13.2 Å². The molecule has 4 heteroatoms. The number of aryl methyl sites for hydroxylation is 1. The van der Waals surface area contributed by atoms with Gasteiger partial charge in [-0.15, -0.1) is 0 Å². The van der Waals surface area contributed by atoms with Crippen molar-refractivity contribution >= 4 is 11.6 Å². The Morgan fingerprint density at radius 3 is 2.86 bits per heavy atom. The monoisotopic (exact) mass is 283 g/mol. The van der Waals surface area contributed by atoms with Crippen molar-refractivity contribution in [1.82, 2.24) is 0 Å². The van der Waals surface area contributed by atoms with Crippen LogP contribution >= 0.6 is 0 Å². The van der Waals surface area contributed by atoms with Gasteiger partial charge in [0.2, 0.25) is 5.91 Å². The van der Waals surface area contributed by atoms with E-state index in [9.17, 15) is 9.90 Å². The lowest BCUT2D eigenvalue weighted by Crippen LogP contribution is -2.08. The summed E-state index contributed by atoms with van der Waals surface area (Å²) >= 11 is 0. The Hall–Kier alpha value is -2.33. The van der Waals surface area contributed by atoms with Crippen LogP contribution < -0.4 is 10.1 Å². The van der Waals surface area contributed by atoms with Crippen LogP contribution in [0.15, 0.2) is 36.4 Å². The SMILES string of the molecule is COc1cccc(C(O)c2cc(C)cc3c2NC(=O)C3)c1. The second-order valence-electron chi connectivity index (χ2n) is 5.29. The van der Waals surface area contributed by atoms with Crippen molar-refractivity contribution in [3.63, 3.8) is 0 Å². The maximum absolute atomic E-state index is 11.6. The number of nitrogens with one attached hydrogen (secondary N) is 1. The van der Waals surface area contributed by atoms with Crippen LogP contribution in [0.5, 0.6) is 5.75 Å². The van der Waals surface area contributed by atoms with E-state index in [1.807, 2.05) is 37.3 Å². The number of anilines is 1. The Morgan fingerprint density at radius 2 is 2.10 bits per heavy atom. The smallest absolute Gasteiger partial charge is 0.228 e. The Labute approximate surface area is 123 Å². The molecule has 21 heavy (non-hydrogen) atoms. The van der Waals surface area contributed by atoms with Crippen LogP contribution in [-0.4, -0.2) is 18.1 Å². The number of carbonyl (C=O) groups excluding carboxylic acids is 1. The number of fused-ring (bicyclic) bond motifs is 1. The van der Waals surface area contributed by atoms with E-state index in [1.165, 1.54) is 0 Å². The van der Waals surface area contributed by atoms with E-state index in [4.69, 9.17) is 4.74 Å². The second kappa shape index (κ2) is 5.22. The van der Waals surface area contributed by atoms with Crippen molar-refractivity contribution < 1.29 is 14.6 Å². The zero-order chi connectivity index (χ0) is 15.0. The number of aliphatic hydroxyl groups excluding tert-OH is 1. The fourth-order valence-corrected chi connectivity index (χ4v) is 2.75. The fourth-order valence-electron chi connectivity index (χ4n) is 2.75. The van der Waals surface area contributed by atoms with Crippen molar-refractivity contribution in [3.05, 3.63) is 58.7 Å². The van der Waals surface area contributed by atoms with E-state index in [2.05, 4.69) is 5.32 Å². The number of aliphatic hydroxyl groups is 1. The lowest BCUT2D eigenvalue weighted by Gasteiger charge is -2.17. The summed E-state index contributed by atoms with van der Waals surface area (Å²) in [6, 6.07) is 11.2. The summed E-state index contributed by atoms with van der Waals surface area (Å²) in [7, 11) is 1.59. The molecule has 0 bridgehead atoms. The molecule has 0 aliphatic carbocycles. The number of ether oxygens (including phenoxy) is 1. The van der Waals surface area contributed by atoms with Gasteiger partial charge in [0.1, 0.15) is 11.9 Å². The van der Waals surface area contributed by atoms with Crippen molar-refractivity contribution in [1.29, 1.82) is 0 Å². The average Bonchev–Trinajstić information content (AvgIpc) is 2.85. The molecule has 0 spiro atoms. The number of amides is 1. The van der Waals surface area contributed by atoms with Crippen molar-refractivity contribution in [2.24, 2.45) is 0 Å². The van der Waals surface area contributed by atoms with Gasteiger partial charge in [-0.05, 0) is 30.2 Å². The minimum absolute atomic E-state index is 0.0327. The summed E-state index contributed by atoms with van der Waals surface area (Å²) < 4.78 is 5.19. The molecule has 0 aromatic heterocycles. The molecule has 1 heterocycles. The highest BCUT2D eigenvalue weighted by molar-refractivity contribution is 6.00. The van der Waals surface area contributed by atoms with Gasteiger partial charge in [-0.25, -0.2) is 0 Å². The molecule has 2 aromatic rings. The maximum Gasteiger partial charge on any atom is 0.228 e. The summed E-state index contributed by atoms with van der Waals surface area (Å²) in [6.07, 6.45) is -0.429. The first-order chi connectivity index (χ1) is 10.1. The third-order valence-electron chi connectivity index (χ3n) is 3.71. The van der Waals surface area contributed by atoms with Gasteiger partial charge < -0.3 is 15.2 Å². The van der Waals surface area contributed by atoms with Crippen LogP contribution in [0, 0.1) is 6.92 Å². The molecule has 1 amide bonds. The van der Waals surface area contributed by atoms with Crippen LogP contribution in [0.4, 0.5) is 5.69 Å². The van der Waals surface area contributed by atoms with E-state index in [-0.39, 0.29) is 5.91 Å². The van der Waals surface area contributed by atoms with Crippen LogP contribution in [0.3, 0.4) is 0 Å². The normalized spacial score (nSPS) is 14.5. The number of rotatable bonds is 3. The first kappa shape index (κ1) is 13.6.